The topological polar surface area (TPSA) is 123 Å². The molecule has 0 spiro atoms. The molecule has 33 heavy (non-hydrogen) atoms. The molecule has 1 amide bonds. The van der Waals surface area contributed by atoms with Gasteiger partial charge in [-0.3, -0.25) is 4.79 Å². The van der Waals surface area contributed by atoms with Crippen LogP contribution in [0, 0.1) is 18.3 Å². The number of rotatable bonds is 6. The zero-order chi connectivity index (χ0) is 23.8. The van der Waals surface area contributed by atoms with Crippen LogP contribution in [0.2, 0.25) is 0 Å². The summed E-state index contributed by atoms with van der Waals surface area (Å²) < 4.78 is 5.17. The molecule has 2 aromatic heterocycles. The summed E-state index contributed by atoms with van der Waals surface area (Å²) in [5.74, 6) is 0.372. The van der Waals surface area contributed by atoms with Gasteiger partial charge >= 0.3 is 0 Å². The molecule has 0 saturated heterocycles. The van der Waals surface area contributed by atoms with E-state index < -0.39 is 11.0 Å². The molecule has 1 aromatic carbocycles. The molecule has 0 bridgehead atoms. The van der Waals surface area contributed by atoms with Gasteiger partial charge in [0, 0.05) is 30.1 Å². The van der Waals surface area contributed by atoms with Crippen molar-refractivity contribution in [3.63, 3.8) is 0 Å². The lowest BCUT2D eigenvalue weighted by Gasteiger charge is -2.44. The molecule has 1 aliphatic rings. The zero-order valence-corrected chi connectivity index (χ0v) is 20.1. The smallest absolute Gasteiger partial charge is 0.230 e. The number of carbonyl (C=O) groups excluding carboxylic acids is 1. The number of hydrogen-bond donors (Lipinski definition) is 3. The van der Waals surface area contributed by atoms with Crippen LogP contribution in [-0.4, -0.2) is 33.1 Å². The summed E-state index contributed by atoms with van der Waals surface area (Å²) in [7, 11) is 1.56. The SMILES string of the molecule is COc1ccnc(Nc2cc(C)cc(-c3cnc([C@@]4(O)CC[C@H](C(N)=O)C(C)(C)C4)s3)c2)n1. The summed E-state index contributed by atoms with van der Waals surface area (Å²) in [6, 6.07) is 7.78. The van der Waals surface area contributed by atoms with Gasteiger partial charge < -0.3 is 20.9 Å². The molecule has 1 aliphatic carbocycles. The maximum Gasteiger partial charge on any atom is 0.230 e. The highest BCUT2D eigenvalue weighted by Crippen LogP contribution is 2.50. The number of aryl methyl sites for hydroxylation is 1. The lowest BCUT2D eigenvalue weighted by atomic mass is 9.63. The number of aliphatic hydroxyl groups is 1. The number of hydrogen-bond acceptors (Lipinski definition) is 8. The van der Waals surface area contributed by atoms with Crippen molar-refractivity contribution in [3.05, 3.63) is 47.2 Å². The van der Waals surface area contributed by atoms with Crippen molar-refractivity contribution in [3.8, 4) is 16.3 Å². The van der Waals surface area contributed by atoms with Crippen LogP contribution in [-0.2, 0) is 10.4 Å². The van der Waals surface area contributed by atoms with Crippen molar-refractivity contribution in [2.45, 2.75) is 45.6 Å². The highest BCUT2D eigenvalue weighted by molar-refractivity contribution is 7.15. The second-order valence-electron chi connectivity index (χ2n) is 9.36. The predicted octanol–water partition coefficient (Wildman–Crippen LogP) is 4.16. The fourth-order valence-electron chi connectivity index (χ4n) is 4.71. The lowest BCUT2D eigenvalue weighted by molar-refractivity contribution is -0.134. The minimum absolute atomic E-state index is 0.249. The van der Waals surface area contributed by atoms with E-state index in [0.717, 1.165) is 21.7 Å². The number of benzene rings is 1. The summed E-state index contributed by atoms with van der Waals surface area (Å²) in [4.78, 5) is 25.9. The maximum absolute atomic E-state index is 11.8. The summed E-state index contributed by atoms with van der Waals surface area (Å²) in [5, 5.41) is 15.3. The molecule has 3 aromatic rings. The van der Waals surface area contributed by atoms with Gasteiger partial charge in [0.2, 0.25) is 17.7 Å². The number of amides is 1. The second-order valence-corrected chi connectivity index (χ2v) is 10.4. The normalized spacial score (nSPS) is 22.0. The molecule has 0 radical (unpaired) electrons. The Morgan fingerprint density at radius 3 is 2.79 bits per heavy atom. The molecule has 0 aliphatic heterocycles. The maximum atomic E-state index is 11.8. The van der Waals surface area contributed by atoms with Crippen molar-refractivity contribution in [1.29, 1.82) is 0 Å². The molecule has 174 valence electrons. The first-order valence-electron chi connectivity index (χ1n) is 10.8. The van der Waals surface area contributed by atoms with Gasteiger partial charge in [0.25, 0.3) is 0 Å². The summed E-state index contributed by atoms with van der Waals surface area (Å²) >= 11 is 1.48. The molecule has 2 atom stereocenters. The first-order chi connectivity index (χ1) is 15.6. The quantitative estimate of drug-likeness (QED) is 0.497. The molecule has 9 heteroatoms. The highest BCUT2D eigenvalue weighted by atomic mass is 32.1. The number of nitrogens with zero attached hydrogens (tertiary/aromatic N) is 3. The van der Waals surface area contributed by atoms with Gasteiger partial charge in [-0.05, 0) is 54.9 Å². The molecule has 4 rings (SSSR count). The van der Waals surface area contributed by atoms with E-state index in [0.29, 0.717) is 36.1 Å². The monoisotopic (exact) mass is 467 g/mol. The fraction of sp³-hybridized carbons (Fsp3) is 0.417. The van der Waals surface area contributed by atoms with E-state index in [1.54, 1.807) is 25.6 Å². The van der Waals surface area contributed by atoms with Gasteiger partial charge in [-0.25, -0.2) is 9.97 Å². The van der Waals surface area contributed by atoms with E-state index in [1.807, 2.05) is 32.9 Å². The number of primary amides is 1. The Bertz CT molecular complexity index is 1180. The van der Waals surface area contributed by atoms with Gasteiger partial charge in [0.1, 0.15) is 10.6 Å². The number of thiazole rings is 1. The summed E-state index contributed by atoms with van der Waals surface area (Å²) in [6.07, 6.45) is 4.88. The average molecular weight is 468 g/mol. The Hall–Kier alpha value is -3.04. The van der Waals surface area contributed by atoms with Crippen LogP contribution in [0.3, 0.4) is 0 Å². The number of nitrogens with two attached hydrogens (primary N) is 1. The molecule has 2 heterocycles. The lowest BCUT2D eigenvalue weighted by Crippen LogP contribution is -2.46. The summed E-state index contributed by atoms with van der Waals surface area (Å²) in [6.45, 7) is 5.99. The number of methoxy groups -OCH3 is 1. The first kappa shape index (κ1) is 23.1. The molecule has 8 nitrogen and oxygen atoms in total. The number of ether oxygens (including phenoxy) is 1. The van der Waals surface area contributed by atoms with E-state index in [4.69, 9.17) is 10.5 Å². The van der Waals surface area contributed by atoms with Crippen molar-refractivity contribution in [1.82, 2.24) is 15.0 Å². The molecule has 1 fully saturated rings. The molecular weight excluding hydrogens is 438 g/mol. The van der Waals surface area contributed by atoms with Gasteiger partial charge in [0.05, 0.1) is 12.0 Å². The third-order valence-corrected chi connectivity index (χ3v) is 7.48. The Kier molecular flexibility index (Phi) is 6.11. The van der Waals surface area contributed by atoms with Crippen molar-refractivity contribution < 1.29 is 14.6 Å². The minimum atomic E-state index is -1.07. The average Bonchev–Trinajstić information content (AvgIpc) is 3.24. The first-order valence-corrected chi connectivity index (χ1v) is 11.7. The van der Waals surface area contributed by atoms with Gasteiger partial charge in [-0.15, -0.1) is 11.3 Å². The van der Waals surface area contributed by atoms with Crippen molar-refractivity contribution >= 4 is 28.9 Å². The molecule has 4 N–H and O–H groups in total. The van der Waals surface area contributed by atoms with Crippen LogP contribution in [0.15, 0.2) is 36.7 Å². The molecule has 0 unspecified atom stereocenters. The Labute approximate surface area is 197 Å². The van der Waals surface area contributed by atoms with Crippen LogP contribution in [0.4, 0.5) is 11.6 Å². The van der Waals surface area contributed by atoms with Crippen LogP contribution in [0.5, 0.6) is 5.88 Å². The van der Waals surface area contributed by atoms with Crippen LogP contribution in [0.1, 0.15) is 43.7 Å². The standard InChI is InChI=1S/C24H29N5O3S/c1-14-9-15(11-16(10-14)28-22-26-8-6-19(29-22)32-4)18-12-27-21(33-18)24(31)7-5-17(20(25)30)23(2,3)13-24/h6,8-12,17,31H,5,7,13H2,1-4H3,(H2,25,30)(H,26,28,29)/t17-,24-/m1/s1. The van der Waals surface area contributed by atoms with E-state index >= 15 is 0 Å². The van der Waals surface area contributed by atoms with Crippen LogP contribution in [0.25, 0.3) is 10.4 Å². The number of nitrogens with one attached hydrogen (secondary N) is 1. The minimum Gasteiger partial charge on any atom is -0.481 e. The number of aromatic nitrogens is 3. The second kappa shape index (κ2) is 8.72. The fourth-order valence-corrected chi connectivity index (χ4v) is 5.73. The largest absolute Gasteiger partial charge is 0.481 e. The Morgan fingerprint density at radius 1 is 1.30 bits per heavy atom. The van der Waals surface area contributed by atoms with Gasteiger partial charge in [-0.2, -0.15) is 4.98 Å². The van der Waals surface area contributed by atoms with Gasteiger partial charge in [0.15, 0.2) is 0 Å². The van der Waals surface area contributed by atoms with E-state index in [2.05, 4.69) is 26.3 Å². The Balaban J connectivity index is 1.59. The van der Waals surface area contributed by atoms with Crippen LogP contribution >= 0.6 is 11.3 Å². The highest BCUT2D eigenvalue weighted by Gasteiger charge is 2.48. The third kappa shape index (κ3) is 4.84. The number of anilines is 2. The molecule has 1 saturated carbocycles. The van der Waals surface area contributed by atoms with Crippen LogP contribution < -0.4 is 15.8 Å². The zero-order valence-electron chi connectivity index (χ0n) is 19.3. The van der Waals surface area contributed by atoms with E-state index in [-0.39, 0.29) is 11.8 Å². The third-order valence-electron chi connectivity index (χ3n) is 6.24. The molecular formula is C24H29N5O3S. The van der Waals surface area contributed by atoms with Crippen molar-refractivity contribution in [2.75, 3.05) is 12.4 Å². The van der Waals surface area contributed by atoms with Gasteiger partial charge in [-0.1, -0.05) is 19.9 Å². The predicted molar refractivity (Wildman–Crippen MR) is 128 cm³/mol. The summed E-state index contributed by atoms with van der Waals surface area (Å²) in [5.41, 5.74) is 7.01. The van der Waals surface area contributed by atoms with E-state index in [1.165, 1.54) is 11.3 Å². The van der Waals surface area contributed by atoms with E-state index in [9.17, 15) is 9.90 Å². The number of carbonyl (C=O) groups is 1. The van der Waals surface area contributed by atoms with Crippen molar-refractivity contribution in [2.24, 2.45) is 17.1 Å². The Morgan fingerprint density at radius 2 is 2.09 bits per heavy atom.